The predicted molar refractivity (Wildman–Crippen MR) is 74.9 cm³/mol. The molecule has 1 heterocycles. The molecule has 1 aromatic rings. The summed E-state index contributed by atoms with van der Waals surface area (Å²) in [6, 6.07) is 4.56. The van der Waals surface area contributed by atoms with Crippen molar-refractivity contribution in [2.45, 2.75) is 0 Å². The summed E-state index contributed by atoms with van der Waals surface area (Å²) in [5, 5.41) is 6.05. The molecule has 0 bridgehead atoms. The van der Waals surface area contributed by atoms with E-state index in [0.717, 1.165) is 6.26 Å². The molecule has 1 aliphatic rings. The number of halogens is 1. The second-order valence-corrected chi connectivity index (χ2v) is 6.57. The molecule has 0 spiro atoms. The van der Waals surface area contributed by atoms with Gasteiger partial charge in [-0.25, -0.2) is 8.42 Å². The smallest absolute Gasteiger partial charge is 0.230 e. The van der Waals surface area contributed by atoms with E-state index in [1.807, 2.05) is 0 Å². The van der Waals surface area contributed by atoms with Crippen LogP contribution in [0.25, 0.3) is 0 Å². The molecule has 6 nitrogen and oxygen atoms in total. The highest BCUT2D eigenvalue weighted by atomic mass is 35.5. The van der Waals surface area contributed by atoms with Crippen LogP contribution in [-0.2, 0) is 14.8 Å². The Balaban J connectivity index is 2.14. The van der Waals surface area contributed by atoms with E-state index in [0.29, 0.717) is 29.5 Å². The molecule has 0 unspecified atom stereocenters. The van der Waals surface area contributed by atoms with E-state index in [-0.39, 0.29) is 11.8 Å². The van der Waals surface area contributed by atoms with Gasteiger partial charge in [-0.2, -0.15) is 0 Å². The third kappa shape index (κ3) is 3.82. The fraction of sp³-hybridized carbons (Fsp3) is 0.364. The molecule has 0 atom stereocenters. The van der Waals surface area contributed by atoms with Gasteiger partial charge in [0, 0.05) is 13.1 Å². The number of anilines is 2. The van der Waals surface area contributed by atoms with Gasteiger partial charge in [-0.1, -0.05) is 11.6 Å². The Labute approximate surface area is 116 Å². The molecule has 1 fully saturated rings. The lowest BCUT2D eigenvalue weighted by atomic mass is 10.0. The van der Waals surface area contributed by atoms with Crippen LogP contribution in [0.3, 0.4) is 0 Å². The highest BCUT2D eigenvalue weighted by Crippen LogP contribution is 2.26. The van der Waals surface area contributed by atoms with E-state index >= 15 is 0 Å². The zero-order valence-electron chi connectivity index (χ0n) is 10.2. The van der Waals surface area contributed by atoms with Gasteiger partial charge < -0.3 is 10.6 Å². The van der Waals surface area contributed by atoms with Crippen LogP contribution >= 0.6 is 11.6 Å². The quantitative estimate of drug-likeness (QED) is 0.770. The monoisotopic (exact) mass is 303 g/mol. The largest absolute Gasteiger partial charge is 0.324 e. The normalized spacial score (nSPS) is 15.7. The Bertz CT molecular complexity index is 599. The van der Waals surface area contributed by atoms with Crippen LogP contribution in [0.15, 0.2) is 18.2 Å². The number of rotatable bonds is 4. The van der Waals surface area contributed by atoms with Crippen molar-refractivity contribution >= 4 is 38.9 Å². The number of carbonyl (C=O) groups is 1. The summed E-state index contributed by atoms with van der Waals surface area (Å²) in [6.45, 7) is 1.29. The van der Waals surface area contributed by atoms with Gasteiger partial charge in [0.15, 0.2) is 0 Å². The molecule has 1 aromatic carbocycles. The van der Waals surface area contributed by atoms with Crippen LogP contribution < -0.4 is 15.4 Å². The Kier molecular flexibility index (Phi) is 3.98. The fourth-order valence-electron chi connectivity index (χ4n) is 1.61. The first-order valence-electron chi connectivity index (χ1n) is 5.64. The SMILES string of the molecule is CS(=O)(=O)Nc1ccc(Cl)c(NC(=O)C2CNC2)c1. The summed E-state index contributed by atoms with van der Waals surface area (Å²) in [6.07, 6.45) is 1.06. The molecule has 0 aliphatic carbocycles. The minimum atomic E-state index is -3.36. The number of hydrogen-bond donors (Lipinski definition) is 3. The molecular weight excluding hydrogens is 290 g/mol. The van der Waals surface area contributed by atoms with Gasteiger partial charge in [-0.15, -0.1) is 0 Å². The van der Waals surface area contributed by atoms with Gasteiger partial charge in [0.25, 0.3) is 0 Å². The van der Waals surface area contributed by atoms with Crippen LogP contribution in [0, 0.1) is 5.92 Å². The van der Waals surface area contributed by atoms with Crippen LogP contribution in [0.2, 0.25) is 5.02 Å². The molecule has 1 aliphatic heterocycles. The van der Waals surface area contributed by atoms with Crippen LogP contribution in [0.5, 0.6) is 0 Å². The average molecular weight is 304 g/mol. The van der Waals surface area contributed by atoms with Crippen LogP contribution in [-0.4, -0.2) is 33.7 Å². The van der Waals surface area contributed by atoms with Gasteiger partial charge in [0.05, 0.1) is 28.6 Å². The standard InChI is InChI=1S/C11H14ClN3O3S/c1-19(17,18)15-8-2-3-9(12)10(4-8)14-11(16)7-5-13-6-7/h2-4,7,13,15H,5-6H2,1H3,(H,14,16). The Morgan fingerprint density at radius 2 is 2.11 bits per heavy atom. The van der Waals surface area contributed by atoms with Crippen molar-refractivity contribution < 1.29 is 13.2 Å². The number of nitrogens with one attached hydrogen (secondary N) is 3. The molecule has 0 aromatic heterocycles. The van der Waals surface area contributed by atoms with E-state index in [4.69, 9.17) is 11.6 Å². The molecule has 2 rings (SSSR count). The second-order valence-electron chi connectivity index (χ2n) is 4.41. The first kappa shape index (κ1) is 14.1. The van der Waals surface area contributed by atoms with Crippen molar-refractivity contribution in [1.29, 1.82) is 0 Å². The number of carbonyl (C=O) groups excluding carboxylic acids is 1. The van der Waals surface area contributed by atoms with Crippen LogP contribution in [0.4, 0.5) is 11.4 Å². The minimum Gasteiger partial charge on any atom is -0.324 e. The first-order chi connectivity index (χ1) is 8.85. The number of hydrogen-bond acceptors (Lipinski definition) is 4. The van der Waals surface area contributed by atoms with E-state index in [1.165, 1.54) is 18.2 Å². The third-order valence-corrected chi connectivity index (χ3v) is 3.62. The molecule has 1 amide bonds. The number of benzene rings is 1. The minimum absolute atomic E-state index is 0.0670. The highest BCUT2D eigenvalue weighted by Gasteiger charge is 2.25. The Morgan fingerprint density at radius 1 is 1.42 bits per heavy atom. The third-order valence-electron chi connectivity index (χ3n) is 2.68. The number of amides is 1. The Morgan fingerprint density at radius 3 is 2.63 bits per heavy atom. The highest BCUT2D eigenvalue weighted by molar-refractivity contribution is 7.92. The van der Waals surface area contributed by atoms with Crippen molar-refractivity contribution in [3.05, 3.63) is 23.2 Å². The predicted octanol–water partition coefficient (Wildman–Crippen LogP) is 0.869. The molecule has 1 saturated heterocycles. The molecule has 104 valence electrons. The molecule has 8 heteroatoms. The van der Waals surface area contributed by atoms with E-state index in [9.17, 15) is 13.2 Å². The van der Waals surface area contributed by atoms with Crippen molar-refractivity contribution in [2.75, 3.05) is 29.4 Å². The van der Waals surface area contributed by atoms with Crippen molar-refractivity contribution in [2.24, 2.45) is 5.92 Å². The van der Waals surface area contributed by atoms with Gasteiger partial charge >= 0.3 is 0 Å². The van der Waals surface area contributed by atoms with Crippen LogP contribution in [0.1, 0.15) is 0 Å². The second kappa shape index (κ2) is 5.36. The van der Waals surface area contributed by atoms with Crippen molar-refractivity contribution in [3.8, 4) is 0 Å². The average Bonchev–Trinajstić information content (AvgIpc) is 2.18. The summed E-state index contributed by atoms with van der Waals surface area (Å²) in [7, 11) is -3.36. The van der Waals surface area contributed by atoms with E-state index in [1.54, 1.807) is 0 Å². The van der Waals surface area contributed by atoms with Crippen molar-refractivity contribution in [3.63, 3.8) is 0 Å². The molecule has 3 N–H and O–H groups in total. The lowest BCUT2D eigenvalue weighted by Crippen LogP contribution is -2.48. The summed E-state index contributed by atoms with van der Waals surface area (Å²) < 4.78 is 24.6. The zero-order chi connectivity index (χ0) is 14.0. The maximum atomic E-state index is 11.8. The lowest BCUT2D eigenvalue weighted by molar-refractivity contribution is -0.121. The summed E-state index contributed by atoms with van der Waals surface area (Å²) in [5.41, 5.74) is 0.751. The molecule has 0 saturated carbocycles. The topological polar surface area (TPSA) is 87.3 Å². The van der Waals surface area contributed by atoms with Gasteiger partial charge in [0.2, 0.25) is 15.9 Å². The first-order valence-corrected chi connectivity index (χ1v) is 7.91. The summed E-state index contributed by atoms with van der Waals surface area (Å²) >= 11 is 5.97. The zero-order valence-corrected chi connectivity index (χ0v) is 11.8. The van der Waals surface area contributed by atoms with Crippen molar-refractivity contribution in [1.82, 2.24) is 5.32 Å². The molecule has 0 radical (unpaired) electrons. The summed E-state index contributed by atoms with van der Waals surface area (Å²) in [5.74, 6) is -0.195. The van der Waals surface area contributed by atoms with Gasteiger partial charge in [0.1, 0.15) is 0 Å². The molecule has 19 heavy (non-hydrogen) atoms. The molecular formula is C11H14ClN3O3S. The maximum absolute atomic E-state index is 11.8. The van der Waals surface area contributed by atoms with Gasteiger partial charge in [-0.3, -0.25) is 9.52 Å². The fourth-order valence-corrected chi connectivity index (χ4v) is 2.33. The van der Waals surface area contributed by atoms with E-state index in [2.05, 4.69) is 15.4 Å². The van der Waals surface area contributed by atoms with Gasteiger partial charge in [-0.05, 0) is 18.2 Å². The lowest BCUT2D eigenvalue weighted by Gasteiger charge is -2.26. The van der Waals surface area contributed by atoms with E-state index < -0.39 is 10.0 Å². The number of sulfonamides is 1. The summed E-state index contributed by atoms with van der Waals surface area (Å²) in [4.78, 5) is 11.8. The maximum Gasteiger partial charge on any atom is 0.230 e. The Hall–Kier alpha value is -1.31.